The molecule has 1 aromatic carbocycles. The maximum Gasteiger partial charge on any atom is 0.251 e. The van der Waals surface area contributed by atoms with Crippen LogP contribution in [0.15, 0.2) is 24.3 Å². The van der Waals surface area contributed by atoms with E-state index >= 15 is 0 Å². The molecule has 4 fully saturated rings. The van der Waals surface area contributed by atoms with Gasteiger partial charge in [0.25, 0.3) is 5.91 Å². The highest BCUT2D eigenvalue weighted by molar-refractivity contribution is 6.01. The number of carbonyl (C=O) groups is 5. The summed E-state index contributed by atoms with van der Waals surface area (Å²) < 4.78 is 5.41. The summed E-state index contributed by atoms with van der Waals surface area (Å²) in [7, 11) is 0. The lowest BCUT2D eigenvalue weighted by atomic mass is 10.0. The molecule has 1 aromatic rings. The van der Waals surface area contributed by atoms with Crippen LogP contribution in [-0.2, 0) is 23.9 Å². The number of anilines is 1. The second kappa shape index (κ2) is 12.3. The highest BCUT2D eigenvalue weighted by Gasteiger charge is 2.53. The lowest BCUT2D eigenvalue weighted by Crippen LogP contribution is -2.53. The van der Waals surface area contributed by atoms with E-state index < -0.39 is 18.1 Å². The average Bonchev–Trinajstić information content (AvgIpc) is 3.70. The van der Waals surface area contributed by atoms with Gasteiger partial charge in [-0.15, -0.1) is 0 Å². The lowest BCUT2D eigenvalue weighted by Gasteiger charge is -2.30. The fourth-order valence-electron chi connectivity index (χ4n) is 6.57. The second-order valence-electron chi connectivity index (χ2n) is 12.1. The molecule has 5 atom stereocenters. The summed E-state index contributed by atoms with van der Waals surface area (Å²) in [6, 6.07) is 4.96. The Hall–Kier alpha value is -3.31. The number of Topliss-reactive ketones (excluding diaryl/α,β-unsaturated/α-hetero) is 2. The molecule has 3 amide bonds. The number of fused-ring (bicyclic) bond motifs is 1. The average molecular weight is 568 g/mol. The number of carbonyl (C=O) groups excluding carboxylic acids is 5. The normalized spacial score (nSPS) is 26.8. The van der Waals surface area contributed by atoms with E-state index in [9.17, 15) is 24.0 Å². The molecule has 0 bridgehead atoms. The topological polar surface area (TPSA) is 128 Å². The number of amides is 3. The van der Waals surface area contributed by atoms with Crippen LogP contribution in [0, 0.1) is 11.8 Å². The van der Waals surface area contributed by atoms with Crippen molar-refractivity contribution in [1.29, 1.82) is 0 Å². The summed E-state index contributed by atoms with van der Waals surface area (Å²) in [6.45, 7) is 9.20. The first-order valence-corrected chi connectivity index (χ1v) is 14.7. The molecule has 0 spiro atoms. The second-order valence-corrected chi connectivity index (χ2v) is 12.1. The van der Waals surface area contributed by atoms with Crippen molar-refractivity contribution in [2.75, 3.05) is 50.8 Å². The Bertz CT molecular complexity index is 1180. The predicted molar refractivity (Wildman–Crippen MR) is 151 cm³/mol. The smallest absolute Gasteiger partial charge is 0.251 e. The maximum atomic E-state index is 13.8. The third-order valence-corrected chi connectivity index (χ3v) is 8.81. The molecule has 4 aliphatic heterocycles. The zero-order valence-corrected chi connectivity index (χ0v) is 24.1. The van der Waals surface area contributed by atoms with Crippen LogP contribution in [0.4, 0.5) is 5.69 Å². The first-order valence-electron chi connectivity index (χ1n) is 14.7. The molecule has 5 unspecified atom stereocenters. The fraction of sp³-hybridized carbons (Fsp3) is 0.633. The van der Waals surface area contributed by atoms with Crippen molar-refractivity contribution in [3.63, 3.8) is 0 Å². The molecule has 0 saturated carbocycles. The van der Waals surface area contributed by atoms with Crippen molar-refractivity contribution in [3.8, 4) is 0 Å². The summed E-state index contributed by atoms with van der Waals surface area (Å²) in [4.78, 5) is 70.7. The number of ketones is 2. The molecule has 0 radical (unpaired) electrons. The molecule has 4 aliphatic rings. The number of benzene rings is 1. The van der Waals surface area contributed by atoms with Gasteiger partial charge in [-0.25, -0.2) is 0 Å². The van der Waals surface area contributed by atoms with Gasteiger partial charge in [-0.05, 0) is 56.4 Å². The van der Waals surface area contributed by atoms with E-state index in [2.05, 4.69) is 15.5 Å². The highest BCUT2D eigenvalue weighted by atomic mass is 16.5. The number of likely N-dealkylation sites (tertiary alicyclic amines) is 2. The van der Waals surface area contributed by atoms with Crippen LogP contribution in [0.2, 0.25) is 0 Å². The van der Waals surface area contributed by atoms with Crippen molar-refractivity contribution in [1.82, 2.24) is 20.4 Å². The Labute approximate surface area is 240 Å². The molecule has 0 aromatic heterocycles. The molecular formula is C30H41N5O6. The zero-order valence-electron chi connectivity index (χ0n) is 24.1. The Morgan fingerprint density at radius 2 is 1.76 bits per heavy atom. The van der Waals surface area contributed by atoms with E-state index in [1.54, 1.807) is 21.9 Å². The van der Waals surface area contributed by atoms with Gasteiger partial charge in [0.15, 0.2) is 5.78 Å². The highest BCUT2D eigenvalue weighted by Crippen LogP contribution is 2.32. The van der Waals surface area contributed by atoms with E-state index in [4.69, 9.17) is 4.74 Å². The van der Waals surface area contributed by atoms with Crippen LogP contribution in [-0.4, -0.2) is 109 Å². The van der Waals surface area contributed by atoms with Crippen LogP contribution < -0.4 is 15.5 Å². The Morgan fingerprint density at radius 3 is 2.39 bits per heavy atom. The number of hydrogen-bond acceptors (Lipinski definition) is 8. The largest absolute Gasteiger partial charge is 0.378 e. The van der Waals surface area contributed by atoms with Gasteiger partial charge in [-0.2, -0.15) is 0 Å². The van der Waals surface area contributed by atoms with Crippen LogP contribution in [0.5, 0.6) is 0 Å². The minimum absolute atomic E-state index is 0.0441. The van der Waals surface area contributed by atoms with Crippen LogP contribution in [0.25, 0.3) is 0 Å². The van der Waals surface area contributed by atoms with E-state index in [-0.39, 0.29) is 53.7 Å². The van der Waals surface area contributed by atoms with Crippen molar-refractivity contribution < 1.29 is 28.7 Å². The van der Waals surface area contributed by atoms with Crippen molar-refractivity contribution >= 4 is 35.0 Å². The van der Waals surface area contributed by atoms with Gasteiger partial charge in [0.05, 0.1) is 31.8 Å². The monoisotopic (exact) mass is 567 g/mol. The fourth-order valence-corrected chi connectivity index (χ4v) is 6.57. The molecule has 222 valence electrons. The quantitative estimate of drug-likeness (QED) is 0.468. The van der Waals surface area contributed by atoms with Crippen LogP contribution in [0.3, 0.4) is 0 Å². The minimum Gasteiger partial charge on any atom is -0.378 e. The molecule has 4 heterocycles. The molecule has 11 nitrogen and oxygen atoms in total. The Kier molecular flexibility index (Phi) is 8.74. The first-order chi connectivity index (χ1) is 19.6. The van der Waals surface area contributed by atoms with Crippen LogP contribution >= 0.6 is 0 Å². The summed E-state index contributed by atoms with van der Waals surface area (Å²) in [5.41, 5.74) is 1.48. The lowest BCUT2D eigenvalue weighted by molar-refractivity contribution is -0.138. The summed E-state index contributed by atoms with van der Waals surface area (Å²) >= 11 is 0. The minimum atomic E-state index is -0.787. The van der Waals surface area contributed by atoms with Gasteiger partial charge in [0.1, 0.15) is 17.9 Å². The third kappa shape index (κ3) is 6.16. The van der Waals surface area contributed by atoms with Gasteiger partial charge in [0, 0.05) is 43.3 Å². The summed E-state index contributed by atoms with van der Waals surface area (Å²) in [6.07, 6.45) is 1.36. The summed E-state index contributed by atoms with van der Waals surface area (Å²) in [5.74, 6) is -0.993. The van der Waals surface area contributed by atoms with Crippen molar-refractivity contribution in [3.05, 3.63) is 29.8 Å². The predicted octanol–water partition coefficient (Wildman–Crippen LogP) is 0.616. The maximum absolute atomic E-state index is 13.8. The molecule has 4 saturated heterocycles. The third-order valence-electron chi connectivity index (χ3n) is 8.81. The van der Waals surface area contributed by atoms with Gasteiger partial charge in [-0.3, -0.25) is 24.0 Å². The van der Waals surface area contributed by atoms with E-state index in [1.165, 1.54) is 6.92 Å². The summed E-state index contributed by atoms with van der Waals surface area (Å²) in [5, 5.41) is 6.06. The molecule has 2 N–H and O–H groups in total. The van der Waals surface area contributed by atoms with Gasteiger partial charge < -0.3 is 30.1 Å². The number of ether oxygens (including phenoxy) is 1. The van der Waals surface area contributed by atoms with Gasteiger partial charge in [-0.1, -0.05) is 13.8 Å². The number of nitrogens with zero attached hydrogens (tertiary/aromatic N) is 3. The molecule has 11 heteroatoms. The van der Waals surface area contributed by atoms with Crippen LogP contribution in [0.1, 0.15) is 50.4 Å². The van der Waals surface area contributed by atoms with Crippen molar-refractivity contribution in [2.45, 2.75) is 64.2 Å². The zero-order chi connectivity index (χ0) is 29.3. The van der Waals surface area contributed by atoms with E-state index in [0.717, 1.165) is 18.8 Å². The standard InChI is InChI=1S/C30H41N5O6/c1-18(2)14-24(32-28(38)20-4-6-22(7-5-20)33-10-12-41-13-11-33)30(40)34-9-8-25-27(34)26(37)17-35(25)29(39)23-15-21(16-31-23)19(3)36/h4-7,18,21,23-25,27,31H,8-17H2,1-3H3,(H,32,38). The molecule has 0 aliphatic carbocycles. The first kappa shape index (κ1) is 29.2. The molecular weight excluding hydrogens is 526 g/mol. The number of morpholine rings is 1. The van der Waals surface area contributed by atoms with E-state index in [1.807, 2.05) is 26.0 Å². The number of nitrogens with one attached hydrogen (secondary N) is 2. The number of rotatable bonds is 8. The Morgan fingerprint density at radius 1 is 1.05 bits per heavy atom. The van der Waals surface area contributed by atoms with Gasteiger partial charge >= 0.3 is 0 Å². The van der Waals surface area contributed by atoms with Crippen molar-refractivity contribution in [2.24, 2.45) is 11.8 Å². The molecule has 41 heavy (non-hydrogen) atoms. The molecule has 5 rings (SSSR count). The van der Waals surface area contributed by atoms with E-state index in [0.29, 0.717) is 51.1 Å². The number of hydrogen-bond donors (Lipinski definition) is 2. The Balaban J connectivity index is 1.25. The van der Waals surface area contributed by atoms with Gasteiger partial charge in [0.2, 0.25) is 11.8 Å². The SMILES string of the molecule is CC(=O)C1CNC(C(=O)N2CC(=O)C3C2CCN3C(=O)C(CC(C)C)NC(=O)c2ccc(N3CCOCC3)cc2)C1.